The van der Waals surface area contributed by atoms with Gasteiger partial charge in [0.1, 0.15) is 5.75 Å². The van der Waals surface area contributed by atoms with Crippen LogP contribution in [0.15, 0.2) is 36.5 Å². The van der Waals surface area contributed by atoms with E-state index in [4.69, 9.17) is 19.3 Å². The molecule has 0 radical (unpaired) electrons. The lowest BCUT2D eigenvalue weighted by Crippen LogP contribution is -2.48. The van der Waals surface area contributed by atoms with Crippen LogP contribution in [0.4, 0.5) is 0 Å². The Balaban J connectivity index is 1.44. The van der Waals surface area contributed by atoms with E-state index in [-0.39, 0.29) is 17.8 Å². The number of benzene rings is 1. The Morgan fingerprint density at radius 2 is 1.74 bits per heavy atom. The number of aromatic carboxylic acids is 1. The van der Waals surface area contributed by atoms with Crippen molar-refractivity contribution in [2.45, 2.75) is 50.9 Å². The zero-order valence-electron chi connectivity index (χ0n) is 20.7. The molecule has 186 valence electrons. The van der Waals surface area contributed by atoms with E-state index in [2.05, 4.69) is 30.1 Å². The van der Waals surface area contributed by atoms with Gasteiger partial charge in [-0.2, -0.15) is 0 Å². The number of allylic oxidation sites excluding steroid dienone is 1. The molecule has 4 saturated carbocycles. The number of pyridine rings is 1. The van der Waals surface area contributed by atoms with Crippen LogP contribution in [0.2, 0.25) is 0 Å². The molecule has 35 heavy (non-hydrogen) atoms. The topological polar surface area (TPSA) is 77.9 Å². The van der Waals surface area contributed by atoms with E-state index in [1.54, 1.807) is 19.2 Å². The van der Waals surface area contributed by atoms with Crippen LogP contribution in [0.1, 0.15) is 72.6 Å². The van der Waals surface area contributed by atoms with Crippen LogP contribution in [0.3, 0.4) is 0 Å². The largest absolute Gasteiger partial charge is 0.478 e. The maximum Gasteiger partial charge on any atom is 0.337 e. The highest BCUT2D eigenvalue weighted by atomic mass is 16.7. The molecule has 1 aromatic heterocycles. The average Bonchev–Trinajstić information content (AvgIpc) is 2.83. The van der Waals surface area contributed by atoms with Crippen LogP contribution in [0, 0.1) is 17.8 Å². The summed E-state index contributed by atoms with van der Waals surface area (Å²) in [6.45, 7) is 3.36. The number of aromatic nitrogens is 1. The van der Waals surface area contributed by atoms with E-state index in [0.717, 1.165) is 40.3 Å². The number of carboxylic acid groups (broad SMARTS) is 1. The van der Waals surface area contributed by atoms with Gasteiger partial charge in [0.15, 0.2) is 6.79 Å². The van der Waals surface area contributed by atoms with Crippen molar-refractivity contribution in [1.82, 2.24) is 4.98 Å². The number of hydrogen-bond acceptors (Lipinski definition) is 5. The van der Waals surface area contributed by atoms with Gasteiger partial charge in [-0.3, -0.25) is 4.98 Å². The fourth-order valence-electron chi connectivity index (χ4n) is 6.98. The fourth-order valence-corrected chi connectivity index (χ4v) is 6.98. The predicted molar refractivity (Wildman–Crippen MR) is 134 cm³/mol. The number of carboxylic acids is 1. The molecule has 4 aliphatic carbocycles. The first-order valence-corrected chi connectivity index (χ1v) is 12.7. The van der Waals surface area contributed by atoms with Gasteiger partial charge in [0.05, 0.1) is 24.5 Å². The maximum atomic E-state index is 11.1. The minimum atomic E-state index is -0.966. The highest BCUT2D eigenvalue weighted by Gasteiger charge is 2.52. The number of hydrogen-bond donors (Lipinski definition) is 1. The molecule has 1 heterocycles. The Morgan fingerprint density at radius 3 is 2.34 bits per heavy atom. The van der Waals surface area contributed by atoms with E-state index in [1.165, 1.54) is 50.3 Å². The predicted octanol–water partition coefficient (Wildman–Crippen LogP) is 5.81. The van der Waals surface area contributed by atoms with Crippen molar-refractivity contribution >= 4 is 17.6 Å². The summed E-state index contributed by atoms with van der Waals surface area (Å²) < 4.78 is 16.9. The molecule has 0 atom stereocenters. The second kappa shape index (κ2) is 10.1. The number of carbonyl (C=O) groups is 1. The lowest BCUT2D eigenvalue weighted by atomic mass is 9.48. The van der Waals surface area contributed by atoms with E-state index >= 15 is 0 Å². The van der Waals surface area contributed by atoms with Crippen molar-refractivity contribution in [3.05, 3.63) is 58.9 Å². The molecule has 1 N–H and O–H groups in total. The van der Waals surface area contributed by atoms with Crippen LogP contribution in [0.25, 0.3) is 11.6 Å². The van der Waals surface area contributed by atoms with Crippen LogP contribution >= 0.6 is 0 Å². The first kappa shape index (κ1) is 24.0. The minimum Gasteiger partial charge on any atom is -0.478 e. The average molecular weight is 478 g/mol. The summed E-state index contributed by atoms with van der Waals surface area (Å²) >= 11 is 0. The third-order valence-corrected chi connectivity index (χ3v) is 8.17. The highest BCUT2D eigenvalue weighted by Crippen LogP contribution is 2.62. The zero-order valence-corrected chi connectivity index (χ0v) is 20.7. The SMILES string of the molecule is COCCOCOc1ccc(/C(C)=C/c2ccc(C(=O)O)cn2)cc1C12CC3CC(CC(C3)C1)C2. The molecule has 6 rings (SSSR count). The van der Waals surface area contributed by atoms with E-state index in [1.807, 2.05) is 6.08 Å². The molecule has 0 aliphatic heterocycles. The van der Waals surface area contributed by atoms with Gasteiger partial charge < -0.3 is 19.3 Å². The molecule has 4 fully saturated rings. The number of ether oxygens (including phenoxy) is 3. The molecule has 6 heteroatoms. The standard InChI is InChI=1S/C29H35NO5/c1-19(9-25-5-3-24(17-30-25)28(31)32)23-4-6-27(35-18-34-8-7-33-2)26(13-23)29-14-20-10-21(15-29)12-22(11-20)16-29/h3-6,9,13,17,20-22H,7-8,10-12,14-16,18H2,1-2H3,(H,31,32)/b19-9+. The second-order valence-corrected chi connectivity index (χ2v) is 10.7. The molecule has 2 aromatic rings. The summed E-state index contributed by atoms with van der Waals surface area (Å²) in [5, 5.41) is 9.13. The van der Waals surface area contributed by atoms with Crippen molar-refractivity contribution in [1.29, 1.82) is 0 Å². The molecular formula is C29H35NO5. The Labute approximate surface area is 207 Å². The highest BCUT2D eigenvalue weighted by molar-refractivity contribution is 5.87. The first-order valence-electron chi connectivity index (χ1n) is 12.7. The smallest absolute Gasteiger partial charge is 0.337 e. The first-order chi connectivity index (χ1) is 17.0. The zero-order chi connectivity index (χ0) is 24.4. The number of methoxy groups -OCH3 is 1. The summed E-state index contributed by atoms with van der Waals surface area (Å²) in [7, 11) is 1.67. The normalized spacial score (nSPS) is 27.3. The number of nitrogens with zero attached hydrogens (tertiary/aromatic N) is 1. The minimum absolute atomic E-state index is 0.189. The number of rotatable bonds is 10. The molecule has 4 bridgehead atoms. The van der Waals surface area contributed by atoms with Gasteiger partial charge in [-0.1, -0.05) is 6.07 Å². The second-order valence-electron chi connectivity index (χ2n) is 10.7. The maximum absolute atomic E-state index is 11.1. The van der Waals surface area contributed by atoms with Gasteiger partial charge in [0, 0.05) is 18.9 Å². The van der Waals surface area contributed by atoms with E-state index < -0.39 is 5.97 Å². The van der Waals surface area contributed by atoms with Crippen molar-refractivity contribution < 1.29 is 24.1 Å². The van der Waals surface area contributed by atoms with Gasteiger partial charge in [-0.05, 0) is 110 Å². The summed E-state index contributed by atoms with van der Waals surface area (Å²) in [6, 6.07) is 9.87. The van der Waals surface area contributed by atoms with Crippen LogP contribution in [0.5, 0.6) is 5.75 Å². The Kier molecular flexibility index (Phi) is 6.94. The Morgan fingerprint density at radius 1 is 1.06 bits per heavy atom. The van der Waals surface area contributed by atoms with Crippen molar-refractivity contribution in [2.75, 3.05) is 27.1 Å². The molecule has 0 saturated heterocycles. The lowest BCUT2D eigenvalue weighted by Gasteiger charge is -2.57. The van der Waals surface area contributed by atoms with E-state index in [9.17, 15) is 4.79 Å². The van der Waals surface area contributed by atoms with Crippen molar-refractivity contribution in [3.63, 3.8) is 0 Å². The summed E-state index contributed by atoms with van der Waals surface area (Å²) in [6.07, 6.45) is 11.4. The van der Waals surface area contributed by atoms with Crippen LogP contribution in [-0.2, 0) is 14.9 Å². The van der Waals surface area contributed by atoms with Gasteiger partial charge in [0.2, 0.25) is 0 Å². The monoisotopic (exact) mass is 477 g/mol. The van der Waals surface area contributed by atoms with Gasteiger partial charge in [-0.15, -0.1) is 0 Å². The molecule has 0 amide bonds. The van der Waals surface area contributed by atoms with Gasteiger partial charge in [0.25, 0.3) is 0 Å². The molecule has 0 unspecified atom stereocenters. The van der Waals surface area contributed by atoms with E-state index in [0.29, 0.717) is 13.2 Å². The summed E-state index contributed by atoms with van der Waals surface area (Å²) in [5.41, 5.74) is 4.69. The third-order valence-electron chi connectivity index (χ3n) is 8.17. The quantitative estimate of drug-likeness (QED) is 0.344. The fraction of sp³-hybridized carbons (Fsp3) is 0.517. The lowest BCUT2D eigenvalue weighted by molar-refractivity contribution is -0.0189. The van der Waals surface area contributed by atoms with Gasteiger partial charge in [-0.25, -0.2) is 4.79 Å². The molecule has 6 nitrogen and oxygen atoms in total. The summed E-state index contributed by atoms with van der Waals surface area (Å²) in [5.74, 6) is 2.48. The third kappa shape index (κ3) is 5.14. The van der Waals surface area contributed by atoms with Crippen molar-refractivity contribution in [2.24, 2.45) is 17.8 Å². The summed E-state index contributed by atoms with van der Waals surface area (Å²) in [4.78, 5) is 15.4. The Hall–Kier alpha value is -2.70. The van der Waals surface area contributed by atoms with Gasteiger partial charge >= 0.3 is 5.97 Å². The molecule has 4 aliphatic rings. The van der Waals surface area contributed by atoms with Crippen LogP contribution in [-0.4, -0.2) is 43.2 Å². The molecule has 0 spiro atoms. The van der Waals surface area contributed by atoms with Crippen molar-refractivity contribution in [3.8, 4) is 5.75 Å². The molecular weight excluding hydrogens is 442 g/mol. The Bertz CT molecular complexity index is 1060. The van der Waals surface area contributed by atoms with Crippen LogP contribution < -0.4 is 4.74 Å². The molecule has 1 aromatic carbocycles.